The van der Waals surface area contributed by atoms with Gasteiger partial charge in [-0.25, -0.2) is 0 Å². The lowest BCUT2D eigenvalue weighted by atomic mass is 9.72. The molecule has 0 saturated carbocycles. The van der Waals surface area contributed by atoms with E-state index in [1.165, 1.54) is 0 Å². The number of benzene rings is 2. The van der Waals surface area contributed by atoms with Crippen molar-refractivity contribution in [2.24, 2.45) is 5.92 Å². The van der Waals surface area contributed by atoms with E-state index >= 15 is 0 Å². The van der Waals surface area contributed by atoms with Crippen LogP contribution in [0.2, 0.25) is 0 Å². The number of hydrogen-bond acceptors (Lipinski definition) is 4. The molecule has 0 radical (unpaired) electrons. The number of hydrogen-bond donors (Lipinski definition) is 3. The Morgan fingerprint density at radius 3 is 2.34 bits per heavy atom. The summed E-state index contributed by atoms with van der Waals surface area (Å²) >= 11 is 0. The Morgan fingerprint density at radius 2 is 1.76 bits per heavy atom. The topological polar surface area (TPSA) is 63.9 Å². The highest BCUT2D eigenvalue weighted by molar-refractivity contribution is 5.70. The number of phenolic OH excluding ortho intramolecular Hbond substituents is 2. The fourth-order valence-corrected chi connectivity index (χ4v) is 4.22. The molecule has 3 rings (SSSR count). The van der Waals surface area contributed by atoms with Gasteiger partial charge in [0, 0.05) is 18.0 Å². The summed E-state index contributed by atoms with van der Waals surface area (Å²) in [5.41, 5.74) is 5.16. The number of aromatic hydroxyl groups is 2. The third-order valence-corrected chi connectivity index (χ3v) is 5.74. The third-order valence-electron chi connectivity index (χ3n) is 5.74. The predicted octanol–water partition coefficient (Wildman–Crippen LogP) is 4.81. The fourth-order valence-electron chi connectivity index (χ4n) is 4.22. The summed E-state index contributed by atoms with van der Waals surface area (Å²) in [6.07, 6.45) is 1.96. The Hall–Kier alpha value is -2.56. The van der Waals surface area contributed by atoms with Crippen LogP contribution in [0.5, 0.6) is 11.5 Å². The third kappa shape index (κ3) is 4.55. The number of aliphatic hydroxyl groups is 1. The van der Waals surface area contributed by atoms with Crippen LogP contribution in [0, 0.1) is 5.92 Å². The summed E-state index contributed by atoms with van der Waals surface area (Å²) in [4.78, 5) is 2.10. The molecule has 0 spiro atoms. The van der Waals surface area contributed by atoms with Gasteiger partial charge in [-0.05, 0) is 80.7 Å². The molecule has 0 bridgehead atoms. The Bertz CT molecular complexity index is 922. The summed E-state index contributed by atoms with van der Waals surface area (Å²) in [5.74, 6) is -0.130. The van der Waals surface area contributed by atoms with Gasteiger partial charge in [-0.3, -0.25) is 0 Å². The lowest BCUT2D eigenvalue weighted by Crippen LogP contribution is -2.26. The quantitative estimate of drug-likeness (QED) is 0.638. The maximum absolute atomic E-state index is 10.9. The molecule has 0 saturated heterocycles. The van der Waals surface area contributed by atoms with Crippen molar-refractivity contribution in [2.45, 2.75) is 38.8 Å². The van der Waals surface area contributed by atoms with E-state index in [2.05, 4.69) is 23.6 Å². The van der Waals surface area contributed by atoms with Crippen molar-refractivity contribution in [3.63, 3.8) is 0 Å². The molecule has 0 aliphatic heterocycles. The molecule has 29 heavy (non-hydrogen) atoms. The molecule has 0 heterocycles. The Labute approximate surface area is 173 Å². The zero-order valence-electron chi connectivity index (χ0n) is 17.7. The van der Waals surface area contributed by atoms with Crippen LogP contribution in [0.15, 0.2) is 60.2 Å². The molecule has 1 aliphatic rings. The van der Waals surface area contributed by atoms with Gasteiger partial charge in [0.25, 0.3) is 0 Å². The van der Waals surface area contributed by atoms with Crippen LogP contribution in [0.25, 0.3) is 11.1 Å². The van der Waals surface area contributed by atoms with Crippen molar-refractivity contribution < 1.29 is 15.3 Å². The molecule has 3 N–H and O–H groups in total. The Morgan fingerprint density at radius 1 is 1.10 bits per heavy atom. The second-order valence-electron chi connectivity index (χ2n) is 8.51. The molecule has 3 atom stereocenters. The van der Waals surface area contributed by atoms with Crippen LogP contribution in [-0.4, -0.2) is 40.4 Å². The molecule has 0 amide bonds. The van der Waals surface area contributed by atoms with Crippen LogP contribution in [0.3, 0.4) is 0 Å². The second kappa shape index (κ2) is 8.44. The number of nitrogens with zero attached hydrogens (tertiary/aromatic N) is 1. The molecule has 0 aromatic heterocycles. The van der Waals surface area contributed by atoms with Crippen LogP contribution in [0.4, 0.5) is 0 Å². The minimum Gasteiger partial charge on any atom is -0.507 e. The fraction of sp³-hybridized carbons (Fsp3) is 0.360. The molecular formula is C25H31NO3. The monoisotopic (exact) mass is 393 g/mol. The van der Waals surface area contributed by atoms with Crippen LogP contribution >= 0.6 is 0 Å². The van der Waals surface area contributed by atoms with Crippen molar-refractivity contribution in [2.75, 3.05) is 14.1 Å². The average molecular weight is 394 g/mol. The standard InChI is InChI=1S/C25H31NO3/c1-15(2)20-13-22(27)16(3)9-21(20)25-23(28)11-19(12-24(25)29)18-8-6-7-17(10-18)14-26(4)5/h6-12,20-22,27-29H,1,13-14H2,2-5H3/t20-,21+,22-/m0/s1. The number of allylic oxidation sites excluding steroid dienone is 2. The van der Waals surface area contributed by atoms with Crippen LogP contribution in [0.1, 0.15) is 37.3 Å². The number of rotatable bonds is 5. The van der Waals surface area contributed by atoms with Crippen molar-refractivity contribution in [3.05, 3.63) is 71.3 Å². The van der Waals surface area contributed by atoms with E-state index in [9.17, 15) is 15.3 Å². The zero-order valence-corrected chi connectivity index (χ0v) is 17.7. The highest BCUT2D eigenvalue weighted by Crippen LogP contribution is 2.47. The van der Waals surface area contributed by atoms with Gasteiger partial charge in [-0.2, -0.15) is 0 Å². The lowest BCUT2D eigenvalue weighted by molar-refractivity contribution is 0.168. The molecular weight excluding hydrogens is 362 g/mol. The van der Waals surface area contributed by atoms with E-state index in [-0.39, 0.29) is 23.3 Å². The molecule has 2 aromatic rings. The van der Waals surface area contributed by atoms with E-state index < -0.39 is 6.10 Å². The largest absolute Gasteiger partial charge is 0.507 e. The van der Waals surface area contributed by atoms with Crippen molar-refractivity contribution in [1.29, 1.82) is 0 Å². The van der Waals surface area contributed by atoms with Crippen molar-refractivity contribution >= 4 is 0 Å². The van der Waals surface area contributed by atoms with Crippen LogP contribution in [-0.2, 0) is 6.54 Å². The molecule has 154 valence electrons. The van der Waals surface area contributed by atoms with E-state index in [4.69, 9.17) is 0 Å². The smallest absolute Gasteiger partial charge is 0.123 e. The van der Waals surface area contributed by atoms with Gasteiger partial charge >= 0.3 is 0 Å². The van der Waals surface area contributed by atoms with Crippen LogP contribution < -0.4 is 0 Å². The van der Waals surface area contributed by atoms with E-state index in [0.29, 0.717) is 12.0 Å². The Kier molecular flexibility index (Phi) is 6.15. The molecule has 0 unspecified atom stereocenters. The summed E-state index contributed by atoms with van der Waals surface area (Å²) in [6.45, 7) is 8.69. The minimum absolute atomic E-state index is 0.0419. The average Bonchev–Trinajstić information content (AvgIpc) is 2.63. The lowest BCUT2D eigenvalue weighted by Gasteiger charge is -2.34. The SMILES string of the molecule is C=C(C)[C@@H]1C[C@H](O)C(C)=C[C@H]1c1c(O)cc(-c2cccc(CN(C)C)c2)cc1O. The first-order valence-corrected chi connectivity index (χ1v) is 9.99. The summed E-state index contributed by atoms with van der Waals surface area (Å²) in [7, 11) is 4.04. The Balaban J connectivity index is 2.03. The normalized spacial score (nSPS) is 21.9. The minimum atomic E-state index is -0.518. The summed E-state index contributed by atoms with van der Waals surface area (Å²) in [6, 6.07) is 11.5. The highest BCUT2D eigenvalue weighted by atomic mass is 16.3. The number of phenols is 2. The van der Waals surface area contributed by atoms with Gasteiger partial charge in [0.15, 0.2) is 0 Å². The molecule has 4 nitrogen and oxygen atoms in total. The van der Waals surface area contributed by atoms with Gasteiger partial charge in [-0.1, -0.05) is 36.4 Å². The maximum Gasteiger partial charge on any atom is 0.123 e. The second-order valence-corrected chi connectivity index (χ2v) is 8.51. The molecule has 4 heteroatoms. The van der Waals surface area contributed by atoms with Gasteiger partial charge in [0.1, 0.15) is 11.5 Å². The molecule has 0 fully saturated rings. The highest BCUT2D eigenvalue weighted by Gasteiger charge is 2.33. The van der Waals surface area contributed by atoms with Gasteiger partial charge in [0.2, 0.25) is 0 Å². The van der Waals surface area contributed by atoms with Gasteiger partial charge in [0.05, 0.1) is 6.10 Å². The maximum atomic E-state index is 10.9. The van der Waals surface area contributed by atoms with E-state index in [1.807, 2.05) is 46.2 Å². The van der Waals surface area contributed by atoms with Gasteiger partial charge in [-0.15, -0.1) is 0 Å². The van der Waals surface area contributed by atoms with Gasteiger partial charge < -0.3 is 20.2 Å². The van der Waals surface area contributed by atoms with E-state index in [1.54, 1.807) is 12.1 Å². The molecule has 1 aliphatic carbocycles. The zero-order chi connectivity index (χ0) is 21.3. The first-order valence-electron chi connectivity index (χ1n) is 9.99. The number of aliphatic hydroxyl groups excluding tert-OH is 1. The first-order chi connectivity index (χ1) is 13.7. The van der Waals surface area contributed by atoms with Crippen molar-refractivity contribution in [3.8, 4) is 22.6 Å². The summed E-state index contributed by atoms with van der Waals surface area (Å²) in [5, 5.41) is 32.0. The first kappa shape index (κ1) is 21.2. The molecule has 2 aromatic carbocycles. The van der Waals surface area contributed by atoms with E-state index in [0.717, 1.165) is 34.4 Å². The van der Waals surface area contributed by atoms with Crippen molar-refractivity contribution in [1.82, 2.24) is 4.90 Å². The predicted molar refractivity (Wildman–Crippen MR) is 118 cm³/mol. The summed E-state index contributed by atoms with van der Waals surface area (Å²) < 4.78 is 0.